The molecule has 1 N–H and O–H groups in total. The average molecular weight is 419 g/mol. The van der Waals surface area contributed by atoms with E-state index in [2.05, 4.69) is 20.3 Å². The predicted molar refractivity (Wildman–Crippen MR) is 109 cm³/mol. The molecular formula is C21H14FN5O4. The molecule has 0 radical (unpaired) electrons. The number of carbonyl (C=O) groups is 1. The van der Waals surface area contributed by atoms with Crippen molar-refractivity contribution in [3.8, 4) is 17.4 Å². The van der Waals surface area contributed by atoms with E-state index in [-0.39, 0.29) is 22.7 Å². The van der Waals surface area contributed by atoms with Crippen molar-refractivity contribution < 1.29 is 18.7 Å². The molecule has 0 amide bonds. The van der Waals surface area contributed by atoms with Gasteiger partial charge in [0.1, 0.15) is 5.82 Å². The first-order valence-electron chi connectivity index (χ1n) is 9.14. The Morgan fingerprint density at radius 1 is 0.935 bits per heavy atom. The third kappa shape index (κ3) is 2.96. The van der Waals surface area contributed by atoms with E-state index in [1.807, 2.05) is 0 Å². The van der Waals surface area contributed by atoms with Crippen LogP contribution in [0.1, 0.15) is 16.2 Å². The van der Waals surface area contributed by atoms with Gasteiger partial charge in [-0.2, -0.15) is 9.97 Å². The van der Waals surface area contributed by atoms with Crippen molar-refractivity contribution in [2.75, 3.05) is 19.5 Å². The summed E-state index contributed by atoms with van der Waals surface area (Å²) in [4.78, 5) is 38.6. The summed E-state index contributed by atoms with van der Waals surface area (Å²) in [6.07, 6.45) is 0. The van der Waals surface area contributed by atoms with Crippen LogP contribution in [0.25, 0.3) is 16.6 Å². The number of hydrogen-bond acceptors (Lipinski definition) is 8. The topological polar surface area (TPSA) is 108 Å². The summed E-state index contributed by atoms with van der Waals surface area (Å²) in [6.45, 7) is 0. The maximum atomic E-state index is 13.6. The number of benzene rings is 2. The van der Waals surface area contributed by atoms with Gasteiger partial charge in [-0.25, -0.2) is 9.37 Å². The maximum absolute atomic E-state index is 13.6. The van der Waals surface area contributed by atoms with Crippen LogP contribution in [-0.4, -0.2) is 39.5 Å². The highest BCUT2D eigenvalue weighted by Gasteiger charge is 2.30. The van der Waals surface area contributed by atoms with Crippen LogP contribution in [0.15, 0.2) is 47.3 Å². The number of nitrogens with one attached hydrogen (secondary N) is 1. The van der Waals surface area contributed by atoms with Gasteiger partial charge in [0, 0.05) is 5.69 Å². The fraction of sp³-hybridized carbons (Fsp3) is 0.0952. The van der Waals surface area contributed by atoms with Gasteiger partial charge in [-0.3, -0.25) is 14.2 Å². The summed E-state index contributed by atoms with van der Waals surface area (Å²) < 4.78 is 25.1. The molecule has 31 heavy (non-hydrogen) atoms. The van der Waals surface area contributed by atoms with Crippen molar-refractivity contribution >= 4 is 28.3 Å². The Morgan fingerprint density at radius 2 is 1.68 bits per heavy atom. The van der Waals surface area contributed by atoms with E-state index in [1.165, 1.54) is 37.0 Å². The lowest BCUT2D eigenvalue weighted by Crippen LogP contribution is -2.21. The van der Waals surface area contributed by atoms with Crippen LogP contribution in [0.5, 0.6) is 11.8 Å². The number of hydrogen-bond donors (Lipinski definition) is 1. The fourth-order valence-electron chi connectivity index (χ4n) is 3.44. The van der Waals surface area contributed by atoms with Crippen LogP contribution < -0.4 is 20.3 Å². The van der Waals surface area contributed by atoms with Crippen LogP contribution in [0.3, 0.4) is 0 Å². The first-order chi connectivity index (χ1) is 15.0. The number of ether oxygens (including phenoxy) is 2. The van der Waals surface area contributed by atoms with E-state index >= 15 is 0 Å². The maximum Gasteiger partial charge on any atom is 0.266 e. The molecule has 2 aromatic heterocycles. The van der Waals surface area contributed by atoms with Gasteiger partial charge in [-0.15, -0.1) is 0 Å². The number of methoxy groups -OCH3 is 2. The van der Waals surface area contributed by atoms with E-state index < -0.39 is 17.2 Å². The highest BCUT2D eigenvalue weighted by Crippen LogP contribution is 2.28. The lowest BCUT2D eigenvalue weighted by atomic mass is 10.1. The second-order valence-electron chi connectivity index (χ2n) is 6.70. The number of fused-ring (bicyclic) bond motifs is 4. The Kier molecular flexibility index (Phi) is 4.14. The minimum atomic E-state index is -0.558. The van der Waals surface area contributed by atoms with Gasteiger partial charge in [-0.1, -0.05) is 0 Å². The van der Waals surface area contributed by atoms with Crippen molar-refractivity contribution in [1.29, 1.82) is 0 Å². The molecule has 10 heteroatoms. The molecule has 0 atom stereocenters. The Bertz CT molecular complexity index is 1430. The molecule has 0 fully saturated rings. The number of aromatic nitrogens is 4. The molecule has 9 nitrogen and oxygen atoms in total. The number of ketones is 1. The highest BCUT2D eigenvalue weighted by molar-refractivity contribution is 6.13. The Labute approximate surface area is 174 Å². The summed E-state index contributed by atoms with van der Waals surface area (Å²) in [5.41, 5.74) is 0.833. The smallest absolute Gasteiger partial charge is 0.266 e. The Balaban J connectivity index is 1.62. The largest absolute Gasteiger partial charge is 0.481 e. The van der Waals surface area contributed by atoms with Crippen LogP contribution in [0.2, 0.25) is 0 Å². The van der Waals surface area contributed by atoms with Crippen LogP contribution in [0.4, 0.5) is 16.0 Å². The van der Waals surface area contributed by atoms with E-state index in [0.29, 0.717) is 28.7 Å². The monoisotopic (exact) mass is 419 g/mol. The Morgan fingerprint density at radius 3 is 2.39 bits per heavy atom. The second-order valence-corrected chi connectivity index (χ2v) is 6.70. The van der Waals surface area contributed by atoms with Crippen molar-refractivity contribution in [1.82, 2.24) is 19.5 Å². The first-order valence-corrected chi connectivity index (χ1v) is 9.14. The van der Waals surface area contributed by atoms with Crippen LogP contribution in [0, 0.1) is 5.82 Å². The fourth-order valence-corrected chi connectivity index (χ4v) is 3.44. The number of anilines is 2. The molecule has 2 aromatic carbocycles. The third-order valence-electron chi connectivity index (χ3n) is 4.87. The Hall–Kier alpha value is -4.34. The molecule has 0 aliphatic carbocycles. The summed E-state index contributed by atoms with van der Waals surface area (Å²) in [5, 5.41) is 3.27. The molecule has 0 bridgehead atoms. The lowest BCUT2D eigenvalue weighted by molar-refractivity contribution is 0.103. The second kappa shape index (κ2) is 6.87. The molecule has 5 rings (SSSR count). The lowest BCUT2D eigenvalue weighted by Gasteiger charge is -2.10. The van der Waals surface area contributed by atoms with Crippen molar-refractivity contribution in [3.05, 3.63) is 70.0 Å². The van der Waals surface area contributed by atoms with Crippen molar-refractivity contribution in [2.24, 2.45) is 0 Å². The minimum absolute atomic E-state index is 0.0420. The highest BCUT2D eigenvalue weighted by atomic mass is 19.1. The summed E-state index contributed by atoms with van der Waals surface area (Å²) in [6, 6.07) is 10.1. The molecule has 154 valence electrons. The summed E-state index contributed by atoms with van der Waals surface area (Å²) in [5.74, 6) is -0.278. The minimum Gasteiger partial charge on any atom is -0.481 e. The molecule has 4 aromatic rings. The van der Waals surface area contributed by atoms with Crippen LogP contribution >= 0.6 is 0 Å². The molecule has 1 aliphatic heterocycles. The van der Waals surface area contributed by atoms with Gasteiger partial charge >= 0.3 is 0 Å². The molecule has 0 saturated carbocycles. The molecule has 0 unspecified atom stereocenters. The zero-order chi connectivity index (χ0) is 21.7. The van der Waals surface area contributed by atoms with Gasteiger partial charge in [0.05, 0.1) is 42.4 Å². The zero-order valence-corrected chi connectivity index (χ0v) is 16.3. The van der Waals surface area contributed by atoms with Crippen LogP contribution in [-0.2, 0) is 0 Å². The van der Waals surface area contributed by atoms with E-state index in [9.17, 15) is 14.0 Å². The van der Waals surface area contributed by atoms with Gasteiger partial charge in [0.2, 0.25) is 23.5 Å². The number of carbonyl (C=O) groups excluding carboxylic acids is 1. The number of halogens is 1. The molecule has 0 spiro atoms. The van der Waals surface area contributed by atoms with Crippen molar-refractivity contribution in [3.63, 3.8) is 0 Å². The molecule has 0 saturated heterocycles. The normalized spacial score (nSPS) is 11.9. The van der Waals surface area contributed by atoms with E-state index in [0.717, 1.165) is 6.07 Å². The summed E-state index contributed by atoms with van der Waals surface area (Å²) in [7, 11) is 2.94. The van der Waals surface area contributed by atoms with Gasteiger partial charge in [0.25, 0.3) is 5.56 Å². The van der Waals surface area contributed by atoms with Gasteiger partial charge < -0.3 is 14.8 Å². The number of nitrogens with zero attached hydrogens (tertiary/aromatic N) is 4. The quantitative estimate of drug-likeness (QED) is 0.474. The first kappa shape index (κ1) is 18.7. The standard InChI is InChI=1S/C21H14FN5O4/c1-30-16-9-17(31-2)26-21(25-16)23-11-4-5-14-12(8-11)20(29)27-15-6-3-10(22)7-13(15)18(28)19(27)24-14/h3-9H,1-2H3,(H,23,25,26). The average Bonchev–Trinajstić information content (AvgIpc) is 3.05. The zero-order valence-electron chi connectivity index (χ0n) is 16.3. The summed E-state index contributed by atoms with van der Waals surface area (Å²) >= 11 is 0. The SMILES string of the molecule is COc1cc(OC)nc(Nc2ccc3nc4n(c(=O)c3c2)-c2ccc(F)cc2C4=O)n1. The number of rotatable bonds is 4. The molecular weight excluding hydrogens is 405 g/mol. The predicted octanol–water partition coefficient (Wildman–Crippen LogP) is 2.62. The third-order valence-corrected chi connectivity index (χ3v) is 4.87. The van der Waals surface area contributed by atoms with Gasteiger partial charge in [-0.05, 0) is 36.4 Å². The van der Waals surface area contributed by atoms with Gasteiger partial charge in [0.15, 0.2) is 5.82 Å². The van der Waals surface area contributed by atoms with Crippen molar-refractivity contribution in [2.45, 2.75) is 0 Å². The molecule has 3 heterocycles. The van der Waals surface area contributed by atoms with E-state index in [4.69, 9.17) is 9.47 Å². The van der Waals surface area contributed by atoms with E-state index in [1.54, 1.807) is 18.2 Å². The molecule has 1 aliphatic rings.